The highest BCUT2D eigenvalue weighted by atomic mass is 15.2. The Hall–Kier alpha value is -0.870. The number of nitrogens with one attached hydrogen (secondary N) is 2. The van der Waals surface area contributed by atoms with Crippen LogP contribution >= 0.6 is 0 Å². The molecule has 0 aromatic carbocycles. The van der Waals surface area contributed by atoms with E-state index in [4.69, 9.17) is 0 Å². The number of likely N-dealkylation sites (tertiary alicyclic amines) is 1. The van der Waals surface area contributed by atoms with E-state index < -0.39 is 0 Å². The van der Waals surface area contributed by atoms with Crippen LogP contribution in [0.5, 0.6) is 0 Å². The van der Waals surface area contributed by atoms with Gasteiger partial charge < -0.3 is 15.2 Å². The van der Waals surface area contributed by atoms with Crippen molar-refractivity contribution in [1.29, 1.82) is 0 Å². The predicted octanol–water partition coefficient (Wildman–Crippen LogP) is 1.54. The smallest absolute Gasteiger partial charge is 0.123 e. The zero-order valence-corrected chi connectivity index (χ0v) is 10.4. The first-order valence-corrected chi connectivity index (χ1v) is 6.16. The van der Waals surface area contributed by atoms with Crippen molar-refractivity contribution in [3.8, 4) is 0 Å². The third kappa shape index (κ3) is 2.44. The fraction of sp³-hybridized carbons (Fsp3) is 0.750. The Morgan fingerprint density at radius 3 is 3.00 bits per heavy atom. The lowest BCUT2D eigenvalue weighted by Crippen LogP contribution is -2.35. The van der Waals surface area contributed by atoms with Gasteiger partial charge in [-0.05, 0) is 26.8 Å². The first-order valence-electron chi connectivity index (χ1n) is 6.16. The molecule has 1 aromatic heterocycles. The average Bonchev–Trinajstić information content (AvgIpc) is 2.86. The van der Waals surface area contributed by atoms with Crippen molar-refractivity contribution < 1.29 is 0 Å². The normalized spacial score (nSPS) is 28.4. The molecule has 1 saturated heterocycles. The monoisotopic (exact) mass is 222 g/mol. The molecule has 1 aromatic rings. The minimum atomic E-state index is 0.360. The van der Waals surface area contributed by atoms with Crippen LogP contribution in [0.1, 0.15) is 38.6 Å². The molecule has 0 bridgehead atoms. The van der Waals surface area contributed by atoms with E-state index in [9.17, 15) is 0 Å². The molecule has 0 amide bonds. The maximum absolute atomic E-state index is 4.34. The molecule has 4 heteroatoms. The molecule has 0 spiro atoms. The van der Waals surface area contributed by atoms with E-state index in [1.807, 2.05) is 12.4 Å². The van der Waals surface area contributed by atoms with Crippen LogP contribution in [-0.4, -0.2) is 40.5 Å². The van der Waals surface area contributed by atoms with Gasteiger partial charge in [0.15, 0.2) is 0 Å². The van der Waals surface area contributed by atoms with Crippen molar-refractivity contribution in [3.63, 3.8) is 0 Å². The fourth-order valence-corrected chi connectivity index (χ4v) is 2.46. The summed E-state index contributed by atoms with van der Waals surface area (Å²) in [5.41, 5.74) is 0. The van der Waals surface area contributed by atoms with E-state index in [0.717, 1.165) is 18.8 Å². The lowest BCUT2D eigenvalue weighted by Gasteiger charge is -2.20. The zero-order chi connectivity index (χ0) is 11.5. The molecule has 0 radical (unpaired) electrons. The van der Waals surface area contributed by atoms with Crippen LogP contribution in [0.3, 0.4) is 0 Å². The third-order valence-corrected chi connectivity index (χ3v) is 3.58. The zero-order valence-electron chi connectivity index (χ0n) is 10.4. The van der Waals surface area contributed by atoms with Gasteiger partial charge in [-0.1, -0.05) is 6.92 Å². The summed E-state index contributed by atoms with van der Waals surface area (Å²) in [7, 11) is 2.19. The molecule has 1 aliphatic heterocycles. The second-order valence-corrected chi connectivity index (χ2v) is 4.82. The molecule has 2 heterocycles. The van der Waals surface area contributed by atoms with Gasteiger partial charge in [0.25, 0.3) is 0 Å². The minimum absolute atomic E-state index is 0.360. The molecule has 1 fully saturated rings. The Balaban J connectivity index is 1.93. The summed E-state index contributed by atoms with van der Waals surface area (Å²) in [5.74, 6) is 1.06. The average molecular weight is 222 g/mol. The Kier molecular flexibility index (Phi) is 3.61. The van der Waals surface area contributed by atoms with E-state index in [-0.39, 0.29) is 0 Å². The lowest BCUT2D eigenvalue weighted by atomic mass is 10.1. The molecule has 4 nitrogen and oxygen atoms in total. The molecule has 0 saturated carbocycles. The second-order valence-electron chi connectivity index (χ2n) is 4.82. The highest BCUT2D eigenvalue weighted by molar-refractivity contribution is 4.98. The number of rotatable bonds is 4. The first-order chi connectivity index (χ1) is 7.70. The minimum Gasteiger partial charge on any atom is -0.347 e. The Labute approximate surface area is 97.4 Å². The van der Waals surface area contributed by atoms with Crippen molar-refractivity contribution in [2.24, 2.45) is 0 Å². The summed E-state index contributed by atoms with van der Waals surface area (Å²) >= 11 is 0. The molecule has 90 valence electrons. The molecular weight excluding hydrogens is 200 g/mol. The molecule has 3 unspecified atom stereocenters. The third-order valence-electron chi connectivity index (χ3n) is 3.58. The van der Waals surface area contributed by atoms with Gasteiger partial charge in [-0.3, -0.25) is 0 Å². The van der Waals surface area contributed by atoms with E-state index in [0.29, 0.717) is 18.1 Å². The number of aromatic nitrogens is 2. The molecule has 16 heavy (non-hydrogen) atoms. The standard InChI is InChI=1S/C12H22N4/c1-4-11(12-13-5-6-14-12)15-10-7-9(2)16(3)8-10/h5-6,9-11,15H,4,7-8H2,1-3H3,(H,13,14). The number of likely N-dealkylation sites (N-methyl/N-ethyl adjacent to an activating group) is 1. The van der Waals surface area contributed by atoms with Crippen molar-refractivity contribution in [2.75, 3.05) is 13.6 Å². The summed E-state index contributed by atoms with van der Waals surface area (Å²) in [5, 5.41) is 3.69. The molecular formula is C12H22N4. The summed E-state index contributed by atoms with van der Waals surface area (Å²) in [6.45, 7) is 5.62. The number of nitrogens with zero attached hydrogens (tertiary/aromatic N) is 2. The maximum Gasteiger partial charge on any atom is 0.123 e. The van der Waals surface area contributed by atoms with Gasteiger partial charge >= 0.3 is 0 Å². The van der Waals surface area contributed by atoms with Gasteiger partial charge in [-0.25, -0.2) is 4.98 Å². The molecule has 2 N–H and O–H groups in total. The Morgan fingerprint density at radius 2 is 2.50 bits per heavy atom. The fourth-order valence-electron chi connectivity index (χ4n) is 2.46. The lowest BCUT2D eigenvalue weighted by molar-refractivity contribution is 0.323. The SMILES string of the molecule is CCC(NC1CC(C)N(C)C1)c1ncc[nH]1. The van der Waals surface area contributed by atoms with Crippen LogP contribution in [-0.2, 0) is 0 Å². The van der Waals surface area contributed by atoms with Crippen LogP contribution < -0.4 is 5.32 Å². The van der Waals surface area contributed by atoms with Crippen LogP contribution in [0.4, 0.5) is 0 Å². The largest absolute Gasteiger partial charge is 0.347 e. The van der Waals surface area contributed by atoms with Crippen molar-refractivity contribution >= 4 is 0 Å². The number of hydrogen-bond donors (Lipinski definition) is 2. The second kappa shape index (κ2) is 4.97. The van der Waals surface area contributed by atoms with E-state index in [1.165, 1.54) is 6.42 Å². The highest BCUT2D eigenvalue weighted by Crippen LogP contribution is 2.19. The highest BCUT2D eigenvalue weighted by Gasteiger charge is 2.28. The molecule has 1 aliphatic rings. The van der Waals surface area contributed by atoms with E-state index >= 15 is 0 Å². The molecule has 2 rings (SSSR count). The van der Waals surface area contributed by atoms with Gasteiger partial charge in [-0.15, -0.1) is 0 Å². The van der Waals surface area contributed by atoms with Gasteiger partial charge in [0.2, 0.25) is 0 Å². The summed E-state index contributed by atoms with van der Waals surface area (Å²) < 4.78 is 0. The van der Waals surface area contributed by atoms with Gasteiger partial charge in [-0.2, -0.15) is 0 Å². The molecule has 0 aliphatic carbocycles. The van der Waals surface area contributed by atoms with Gasteiger partial charge in [0, 0.05) is 31.0 Å². The quantitative estimate of drug-likeness (QED) is 0.812. The van der Waals surface area contributed by atoms with Gasteiger partial charge in [0.05, 0.1) is 6.04 Å². The summed E-state index contributed by atoms with van der Waals surface area (Å²) in [4.78, 5) is 9.94. The van der Waals surface area contributed by atoms with Crippen LogP contribution in [0, 0.1) is 0 Å². The number of hydrogen-bond acceptors (Lipinski definition) is 3. The summed E-state index contributed by atoms with van der Waals surface area (Å²) in [6, 6.07) is 1.64. The summed E-state index contributed by atoms with van der Waals surface area (Å²) in [6.07, 6.45) is 6.02. The molecule has 3 atom stereocenters. The van der Waals surface area contributed by atoms with Crippen LogP contribution in [0.2, 0.25) is 0 Å². The van der Waals surface area contributed by atoms with Crippen LogP contribution in [0.15, 0.2) is 12.4 Å². The van der Waals surface area contributed by atoms with Gasteiger partial charge in [0.1, 0.15) is 5.82 Å². The van der Waals surface area contributed by atoms with E-state index in [1.54, 1.807) is 0 Å². The van der Waals surface area contributed by atoms with Crippen molar-refractivity contribution in [2.45, 2.75) is 44.8 Å². The van der Waals surface area contributed by atoms with E-state index in [2.05, 4.69) is 41.1 Å². The van der Waals surface area contributed by atoms with Crippen molar-refractivity contribution in [3.05, 3.63) is 18.2 Å². The number of aromatic amines is 1. The maximum atomic E-state index is 4.34. The van der Waals surface area contributed by atoms with Crippen molar-refractivity contribution in [1.82, 2.24) is 20.2 Å². The Morgan fingerprint density at radius 1 is 1.69 bits per heavy atom. The Bertz CT molecular complexity index is 299. The van der Waals surface area contributed by atoms with Crippen LogP contribution in [0.25, 0.3) is 0 Å². The predicted molar refractivity (Wildman–Crippen MR) is 65.3 cm³/mol. The first kappa shape index (κ1) is 11.6. The topological polar surface area (TPSA) is 44.0 Å². The number of imidazole rings is 1. The number of H-pyrrole nitrogens is 1.